The highest BCUT2D eigenvalue weighted by Crippen LogP contribution is 2.37. The first kappa shape index (κ1) is 17.0. The second kappa shape index (κ2) is 6.81. The number of quaternary nitrogens is 1. The lowest BCUT2D eigenvalue weighted by atomic mass is 9.89. The number of hydrogen-bond donors (Lipinski definition) is 2. The van der Waals surface area contributed by atoms with E-state index in [0.29, 0.717) is 6.04 Å². The van der Waals surface area contributed by atoms with Crippen LogP contribution in [0.25, 0.3) is 10.9 Å². The fourth-order valence-electron chi connectivity index (χ4n) is 5.41. The molecule has 2 aliphatic rings. The van der Waals surface area contributed by atoms with Gasteiger partial charge in [-0.05, 0) is 43.0 Å². The van der Waals surface area contributed by atoms with Gasteiger partial charge in [-0.15, -0.1) is 0 Å². The molecule has 0 fully saturated rings. The molecule has 1 aliphatic carbocycles. The van der Waals surface area contributed by atoms with Crippen LogP contribution in [0.1, 0.15) is 41.3 Å². The van der Waals surface area contributed by atoms with Crippen LogP contribution in [0, 0.1) is 6.92 Å². The summed E-state index contributed by atoms with van der Waals surface area (Å²) >= 11 is 0. The summed E-state index contributed by atoms with van der Waals surface area (Å²) in [6, 6.07) is 17.9. The minimum absolute atomic E-state index is 0.272. The van der Waals surface area contributed by atoms with Crippen LogP contribution in [-0.2, 0) is 19.4 Å². The number of nitrogens with zero attached hydrogens (tertiary/aromatic N) is 1. The van der Waals surface area contributed by atoms with E-state index in [1.807, 2.05) is 6.07 Å². The van der Waals surface area contributed by atoms with E-state index in [-0.39, 0.29) is 6.10 Å². The molecule has 140 valence electrons. The number of rotatable bonds is 4. The van der Waals surface area contributed by atoms with Crippen LogP contribution in [-0.4, -0.2) is 28.9 Å². The highest BCUT2D eigenvalue weighted by atomic mass is 16.3. The lowest BCUT2D eigenvalue weighted by molar-refractivity contribution is -0.939. The van der Waals surface area contributed by atoms with Crippen LogP contribution in [0.2, 0.25) is 0 Å². The summed E-state index contributed by atoms with van der Waals surface area (Å²) in [5.74, 6) is 0. The second-order valence-corrected chi connectivity index (χ2v) is 8.44. The van der Waals surface area contributed by atoms with Crippen LogP contribution >= 0.6 is 0 Å². The van der Waals surface area contributed by atoms with Gasteiger partial charge in [0.25, 0.3) is 0 Å². The molecule has 0 saturated carbocycles. The molecule has 2 heterocycles. The predicted octanol–water partition coefficient (Wildman–Crippen LogP) is 2.83. The van der Waals surface area contributed by atoms with E-state index in [2.05, 4.69) is 54.0 Å². The quantitative estimate of drug-likeness (QED) is 0.735. The van der Waals surface area contributed by atoms with Gasteiger partial charge in [0, 0.05) is 23.7 Å². The average molecular weight is 362 g/mol. The molecule has 0 saturated heterocycles. The van der Waals surface area contributed by atoms with Crippen molar-refractivity contribution in [2.24, 2.45) is 0 Å². The standard InChI is InChI=1S/C24H28N2O/c1-17-10-11-22-21(14-17)20-8-5-9-23-24(20)26(22)13-12-25(23)16-19(27)15-18-6-3-2-4-7-18/h2-4,6-7,10-11,14,19,23,27H,5,8-9,12-13,15-16H2,1H3/p+1/t19-,23+/m1/s1. The Balaban J connectivity index is 1.43. The molecule has 0 amide bonds. The smallest absolute Gasteiger partial charge is 0.129 e. The Morgan fingerprint density at radius 3 is 2.89 bits per heavy atom. The molecule has 3 atom stereocenters. The highest BCUT2D eigenvalue weighted by Gasteiger charge is 2.38. The molecule has 1 unspecified atom stereocenters. The number of fused-ring (bicyclic) bond motifs is 3. The van der Waals surface area contributed by atoms with Crippen LogP contribution < -0.4 is 4.90 Å². The maximum atomic E-state index is 10.8. The van der Waals surface area contributed by atoms with E-state index < -0.39 is 0 Å². The number of hydrogen-bond acceptors (Lipinski definition) is 1. The molecule has 3 heteroatoms. The third-order valence-electron chi connectivity index (χ3n) is 6.58. The fraction of sp³-hybridized carbons (Fsp3) is 0.417. The van der Waals surface area contributed by atoms with Gasteiger partial charge < -0.3 is 14.6 Å². The number of nitrogens with one attached hydrogen (secondary N) is 1. The van der Waals surface area contributed by atoms with Crippen molar-refractivity contribution in [3.8, 4) is 0 Å². The largest absolute Gasteiger partial charge is 0.387 e. The minimum atomic E-state index is -0.272. The minimum Gasteiger partial charge on any atom is -0.387 e. The first-order valence-electron chi connectivity index (χ1n) is 10.4. The molecular formula is C24H29N2O+. The molecule has 0 bridgehead atoms. The predicted molar refractivity (Wildman–Crippen MR) is 109 cm³/mol. The molecule has 0 radical (unpaired) electrons. The van der Waals surface area contributed by atoms with Gasteiger partial charge in [0.1, 0.15) is 18.7 Å². The van der Waals surface area contributed by atoms with Crippen LogP contribution in [0.4, 0.5) is 0 Å². The molecule has 5 rings (SSSR count). The molecule has 0 spiro atoms. The van der Waals surface area contributed by atoms with Crippen LogP contribution in [0.15, 0.2) is 48.5 Å². The van der Waals surface area contributed by atoms with Gasteiger partial charge in [-0.1, -0.05) is 42.0 Å². The lowest BCUT2D eigenvalue weighted by Crippen LogP contribution is -3.14. The molecular weight excluding hydrogens is 332 g/mol. The second-order valence-electron chi connectivity index (χ2n) is 8.44. The number of aryl methyl sites for hydroxylation is 2. The van der Waals surface area contributed by atoms with Crippen LogP contribution in [0.3, 0.4) is 0 Å². The van der Waals surface area contributed by atoms with Gasteiger partial charge in [0.15, 0.2) is 0 Å². The van der Waals surface area contributed by atoms with Crippen LogP contribution in [0.5, 0.6) is 0 Å². The zero-order valence-corrected chi connectivity index (χ0v) is 16.1. The summed E-state index contributed by atoms with van der Waals surface area (Å²) in [5, 5.41) is 12.2. The first-order valence-corrected chi connectivity index (χ1v) is 10.4. The van der Waals surface area contributed by atoms with Crippen molar-refractivity contribution in [2.75, 3.05) is 13.1 Å². The summed E-state index contributed by atoms with van der Waals surface area (Å²) in [7, 11) is 0. The topological polar surface area (TPSA) is 29.6 Å². The van der Waals surface area contributed by atoms with Crippen molar-refractivity contribution < 1.29 is 10.0 Å². The Morgan fingerprint density at radius 2 is 2.04 bits per heavy atom. The Kier molecular flexibility index (Phi) is 4.30. The normalized spacial score (nSPS) is 22.6. The van der Waals surface area contributed by atoms with E-state index in [9.17, 15) is 5.11 Å². The number of benzene rings is 2. The van der Waals surface area contributed by atoms with E-state index in [0.717, 1.165) is 26.1 Å². The molecule has 2 aromatic carbocycles. The molecule has 1 aliphatic heterocycles. The Morgan fingerprint density at radius 1 is 1.19 bits per heavy atom. The summed E-state index contributed by atoms with van der Waals surface area (Å²) in [5.41, 5.74) is 7.15. The Labute approximate surface area is 161 Å². The van der Waals surface area contributed by atoms with Crippen molar-refractivity contribution in [3.63, 3.8) is 0 Å². The van der Waals surface area contributed by atoms with Crippen molar-refractivity contribution in [1.82, 2.24) is 4.57 Å². The molecule has 3 aromatic rings. The summed E-state index contributed by atoms with van der Waals surface area (Å²) in [6.45, 7) is 5.22. The fourth-order valence-corrected chi connectivity index (χ4v) is 5.41. The lowest BCUT2D eigenvalue weighted by Gasteiger charge is -2.38. The van der Waals surface area contributed by atoms with Gasteiger partial charge in [0.05, 0.1) is 18.8 Å². The molecule has 2 N–H and O–H groups in total. The van der Waals surface area contributed by atoms with Crippen molar-refractivity contribution >= 4 is 10.9 Å². The van der Waals surface area contributed by atoms with E-state index in [1.165, 1.54) is 41.3 Å². The zero-order chi connectivity index (χ0) is 18.4. The molecule has 27 heavy (non-hydrogen) atoms. The monoisotopic (exact) mass is 361 g/mol. The van der Waals surface area contributed by atoms with Crippen molar-refractivity contribution in [2.45, 2.75) is 51.3 Å². The highest BCUT2D eigenvalue weighted by molar-refractivity contribution is 5.86. The van der Waals surface area contributed by atoms with Gasteiger partial charge >= 0.3 is 0 Å². The van der Waals surface area contributed by atoms with Crippen molar-refractivity contribution in [3.05, 3.63) is 70.9 Å². The third-order valence-corrected chi connectivity index (χ3v) is 6.58. The molecule has 3 nitrogen and oxygen atoms in total. The number of aliphatic hydroxyl groups excluding tert-OH is 1. The maximum Gasteiger partial charge on any atom is 0.129 e. The van der Waals surface area contributed by atoms with Crippen molar-refractivity contribution in [1.29, 1.82) is 0 Å². The average Bonchev–Trinajstić information content (AvgIpc) is 2.99. The van der Waals surface area contributed by atoms with E-state index >= 15 is 0 Å². The Bertz CT molecular complexity index is 959. The molecule has 1 aromatic heterocycles. The Hall–Kier alpha value is -2.10. The third kappa shape index (κ3) is 2.99. The number of aliphatic hydroxyl groups is 1. The van der Waals surface area contributed by atoms with E-state index in [4.69, 9.17) is 0 Å². The first-order chi connectivity index (χ1) is 13.2. The van der Waals surface area contributed by atoms with Gasteiger partial charge in [-0.3, -0.25) is 0 Å². The number of aromatic nitrogens is 1. The zero-order valence-electron chi connectivity index (χ0n) is 16.1. The van der Waals surface area contributed by atoms with Gasteiger partial charge in [-0.25, -0.2) is 0 Å². The summed E-state index contributed by atoms with van der Waals surface area (Å²) < 4.78 is 2.58. The van der Waals surface area contributed by atoms with Gasteiger partial charge in [0.2, 0.25) is 0 Å². The maximum absolute atomic E-state index is 10.8. The SMILES string of the molecule is Cc1ccc2c(c1)c1c3n2CC[NH+](C[C@H](O)Cc2ccccc2)[C@H]3CCC1. The summed E-state index contributed by atoms with van der Waals surface area (Å²) in [4.78, 5) is 1.58. The summed E-state index contributed by atoms with van der Waals surface area (Å²) in [6.07, 6.45) is 4.20. The van der Waals surface area contributed by atoms with Gasteiger partial charge in [-0.2, -0.15) is 0 Å². The van der Waals surface area contributed by atoms with E-state index in [1.54, 1.807) is 16.2 Å².